The molecule has 94 valence electrons. The van der Waals surface area contributed by atoms with Gasteiger partial charge in [0, 0.05) is 19.6 Å². The van der Waals surface area contributed by atoms with Gasteiger partial charge in [0.15, 0.2) is 0 Å². The van der Waals surface area contributed by atoms with Crippen LogP contribution in [0.25, 0.3) is 0 Å². The molecule has 1 fully saturated rings. The molecule has 17 heavy (non-hydrogen) atoms. The predicted molar refractivity (Wildman–Crippen MR) is 68.4 cm³/mol. The van der Waals surface area contributed by atoms with Crippen LogP contribution in [-0.4, -0.2) is 42.6 Å². The van der Waals surface area contributed by atoms with Crippen LogP contribution in [0.3, 0.4) is 0 Å². The van der Waals surface area contributed by atoms with Crippen LogP contribution in [0.4, 0.5) is 5.69 Å². The van der Waals surface area contributed by atoms with Crippen molar-refractivity contribution >= 4 is 17.3 Å². The van der Waals surface area contributed by atoms with E-state index in [-0.39, 0.29) is 0 Å². The first-order chi connectivity index (χ1) is 8.11. The Morgan fingerprint density at radius 1 is 1.35 bits per heavy atom. The average Bonchev–Trinajstić information content (AvgIpc) is 2.59. The lowest BCUT2D eigenvalue weighted by molar-refractivity contribution is 0.0572. The highest BCUT2D eigenvalue weighted by Gasteiger charge is 2.30. The molecule has 2 atom stereocenters. The summed E-state index contributed by atoms with van der Waals surface area (Å²) < 4.78 is 0. The third kappa shape index (κ3) is 2.72. The minimum atomic E-state index is -0.692. The SMILES string of the molecule is CNCc1ccc(N2CC(O)C(O)C2)c(Cl)c1. The maximum atomic E-state index is 9.51. The molecule has 4 nitrogen and oxygen atoms in total. The first-order valence-corrected chi connectivity index (χ1v) is 6.03. The second kappa shape index (κ2) is 5.23. The van der Waals surface area contributed by atoms with Gasteiger partial charge in [0.2, 0.25) is 0 Å². The van der Waals surface area contributed by atoms with Gasteiger partial charge in [-0.15, -0.1) is 0 Å². The van der Waals surface area contributed by atoms with Gasteiger partial charge in [0.05, 0.1) is 22.9 Å². The zero-order chi connectivity index (χ0) is 12.4. The molecule has 0 bridgehead atoms. The maximum Gasteiger partial charge on any atom is 0.0990 e. The zero-order valence-corrected chi connectivity index (χ0v) is 10.5. The van der Waals surface area contributed by atoms with Crippen LogP contribution in [-0.2, 0) is 6.54 Å². The number of nitrogens with one attached hydrogen (secondary N) is 1. The van der Waals surface area contributed by atoms with E-state index in [2.05, 4.69) is 5.32 Å². The second-order valence-corrected chi connectivity index (χ2v) is 4.76. The fraction of sp³-hybridized carbons (Fsp3) is 0.500. The molecule has 0 amide bonds. The number of rotatable bonds is 3. The second-order valence-electron chi connectivity index (χ2n) is 4.36. The predicted octanol–water partition coefficient (Wildman–Crippen LogP) is 0.601. The molecule has 1 saturated heterocycles. The standard InChI is InChI=1S/C12H17ClN2O2/c1-14-5-8-2-3-10(9(13)4-8)15-6-11(16)12(17)7-15/h2-4,11-12,14,16-17H,5-7H2,1H3. The van der Waals surface area contributed by atoms with E-state index in [1.54, 1.807) is 0 Å². The lowest BCUT2D eigenvalue weighted by Crippen LogP contribution is -2.22. The van der Waals surface area contributed by atoms with E-state index in [0.29, 0.717) is 18.1 Å². The highest BCUT2D eigenvalue weighted by molar-refractivity contribution is 6.33. The summed E-state index contributed by atoms with van der Waals surface area (Å²) in [6.45, 7) is 1.61. The van der Waals surface area contributed by atoms with Crippen LogP contribution in [0.5, 0.6) is 0 Å². The normalized spacial score (nSPS) is 24.4. The van der Waals surface area contributed by atoms with Crippen LogP contribution < -0.4 is 10.2 Å². The molecule has 1 aromatic carbocycles. The van der Waals surface area contributed by atoms with Crippen LogP contribution >= 0.6 is 11.6 Å². The summed E-state index contributed by atoms with van der Waals surface area (Å²) in [5, 5.41) is 22.7. The molecule has 0 spiro atoms. The van der Waals surface area contributed by atoms with Crippen molar-refractivity contribution in [2.45, 2.75) is 18.8 Å². The van der Waals surface area contributed by atoms with Gasteiger partial charge in [-0.05, 0) is 24.7 Å². The van der Waals surface area contributed by atoms with E-state index in [1.807, 2.05) is 30.1 Å². The number of hydrogen-bond acceptors (Lipinski definition) is 4. The molecule has 2 rings (SSSR count). The monoisotopic (exact) mass is 256 g/mol. The Morgan fingerprint density at radius 2 is 2.00 bits per heavy atom. The van der Waals surface area contributed by atoms with Crippen molar-refractivity contribution in [2.24, 2.45) is 0 Å². The van der Waals surface area contributed by atoms with Crippen molar-refractivity contribution in [3.05, 3.63) is 28.8 Å². The van der Waals surface area contributed by atoms with Gasteiger partial charge in [-0.25, -0.2) is 0 Å². The van der Waals surface area contributed by atoms with Gasteiger partial charge >= 0.3 is 0 Å². The average molecular weight is 257 g/mol. The van der Waals surface area contributed by atoms with Gasteiger partial charge in [0.25, 0.3) is 0 Å². The fourth-order valence-corrected chi connectivity index (χ4v) is 2.41. The Hall–Kier alpha value is -0.810. The third-order valence-corrected chi connectivity index (χ3v) is 3.30. The van der Waals surface area contributed by atoms with Crippen LogP contribution in [0, 0.1) is 0 Å². The molecule has 1 aromatic rings. The minimum Gasteiger partial charge on any atom is -0.389 e. The van der Waals surface area contributed by atoms with E-state index in [1.165, 1.54) is 0 Å². The number of anilines is 1. The van der Waals surface area contributed by atoms with E-state index in [9.17, 15) is 10.2 Å². The topological polar surface area (TPSA) is 55.7 Å². The van der Waals surface area contributed by atoms with Crippen molar-refractivity contribution in [3.63, 3.8) is 0 Å². The lowest BCUT2D eigenvalue weighted by atomic mass is 10.2. The summed E-state index contributed by atoms with van der Waals surface area (Å²) in [4.78, 5) is 1.90. The van der Waals surface area contributed by atoms with Crippen LogP contribution in [0.15, 0.2) is 18.2 Å². The van der Waals surface area contributed by atoms with Crippen molar-refractivity contribution in [1.29, 1.82) is 0 Å². The summed E-state index contributed by atoms with van der Waals surface area (Å²) in [6, 6.07) is 5.83. The summed E-state index contributed by atoms with van der Waals surface area (Å²) in [6.07, 6.45) is -1.38. The summed E-state index contributed by atoms with van der Waals surface area (Å²) in [7, 11) is 1.88. The highest BCUT2D eigenvalue weighted by Crippen LogP contribution is 2.29. The van der Waals surface area contributed by atoms with E-state index in [0.717, 1.165) is 17.8 Å². The zero-order valence-electron chi connectivity index (χ0n) is 9.73. The number of halogens is 1. The van der Waals surface area contributed by atoms with E-state index < -0.39 is 12.2 Å². The molecule has 0 saturated carbocycles. The summed E-state index contributed by atoms with van der Waals surface area (Å²) >= 11 is 6.21. The fourth-order valence-electron chi connectivity index (χ4n) is 2.09. The molecule has 0 aliphatic carbocycles. The van der Waals surface area contributed by atoms with Gasteiger partial charge in [0.1, 0.15) is 0 Å². The van der Waals surface area contributed by atoms with Crippen LogP contribution in [0.2, 0.25) is 5.02 Å². The Labute approximate surface area is 106 Å². The number of hydrogen-bond donors (Lipinski definition) is 3. The third-order valence-electron chi connectivity index (χ3n) is 2.99. The summed E-state index contributed by atoms with van der Waals surface area (Å²) in [5.74, 6) is 0. The lowest BCUT2D eigenvalue weighted by Gasteiger charge is -2.19. The van der Waals surface area contributed by atoms with Crippen molar-refractivity contribution in [3.8, 4) is 0 Å². The Kier molecular flexibility index (Phi) is 3.89. The Balaban J connectivity index is 2.17. The number of aliphatic hydroxyl groups excluding tert-OH is 2. The van der Waals surface area contributed by atoms with Gasteiger partial charge in [-0.1, -0.05) is 17.7 Å². The van der Waals surface area contributed by atoms with E-state index in [4.69, 9.17) is 11.6 Å². The quantitative estimate of drug-likeness (QED) is 0.742. The van der Waals surface area contributed by atoms with Gasteiger partial charge < -0.3 is 20.4 Å². The molecule has 2 unspecified atom stereocenters. The molecular weight excluding hydrogens is 240 g/mol. The number of aliphatic hydroxyl groups is 2. The Morgan fingerprint density at radius 3 is 2.53 bits per heavy atom. The van der Waals surface area contributed by atoms with Crippen LogP contribution in [0.1, 0.15) is 5.56 Å². The smallest absolute Gasteiger partial charge is 0.0990 e. The van der Waals surface area contributed by atoms with Crippen molar-refractivity contribution in [1.82, 2.24) is 5.32 Å². The molecule has 3 N–H and O–H groups in total. The van der Waals surface area contributed by atoms with E-state index >= 15 is 0 Å². The number of β-amino-alcohol motifs (C(OH)–C–C–N with tert-alkyl or cyclic N) is 2. The first-order valence-electron chi connectivity index (χ1n) is 5.66. The molecule has 0 radical (unpaired) electrons. The first kappa shape index (κ1) is 12.6. The molecule has 0 aromatic heterocycles. The molecule has 1 heterocycles. The van der Waals surface area contributed by atoms with Gasteiger partial charge in [-0.3, -0.25) is 0 Å². The maximum absolute atomic E-state index is 9.51. The van der Waals surface area contributed by atoms with Crippen molar-refractivity contribution < 1.29 is 10.2 Å². The molecule has 1 aliphatic heterocycles. The highest BCUT2D eigenvalue weighted by atomic mass is 35.5. The number of benzene rings is 1. The molecule has 1 aliphatic rings. The molecular formula is C12H17ClN2O2. The largest absolute Gasteiger partial charge is 0.389 e. The molecule has 5 heteroatoms. The number of nitrogens with zero attached hydrogens (tertiary/aromatic N) is 1. The van der Waals surface area contributed by atoms with Gasteiger partial charge in [-0.2, -0.15) is 0 Å². The summed E-state index contributed by atoms with van der Waals surface area (Å²) in [5.41, 5.74) is 1.98. The van der Waals surface area contributed by atoms with Crippen molar-refractivity contribution in [2.75, 3.05) is 25.0 Å². The minimum absolute atomic E-state index is 0.423. The Bertz CT molecular complexity index is 390.